The SMILES string of the molecule is Cc1noc(-c2ccc(-c3ccc(C4(CC(=O)[O-])CC4)cc3)cc2)c1NC(=O)O[C@H](C)c1ccccc1.[Na+]. The van der Waals surface area contributed by atoms with Gasteiger partial charge in [-0.25, -0.2) is 4.79 Å². The summed E-state index contributed by atoms with van der Waals surface area (Å²) >= 11 is 0. The first-order valence-corrected chi connectivity index (χ1v) is 12.2. The monoisotopic (exact) mass is 518 g/mol. The second-order valence-electron chi connectivity index (χ2n) is 9.54. The number of hydrogen-bond acceptors (Lipinski definition) is 6. The van der Waals surface area contributed by atoms with E-state index in [9.17, 15) is 14.7 Å². The number of amides is 1. The first-order chi connectivity index (χ1) is 17.8. The van der Waals surface area contributed by atoms with Gasteiger partial charge < -0.3 is 19.2 Å². The predicted molar refractivity (Wildman–Crippen MR) is 138 cm³/mol. The van der Waals surface area contributed by atoms with Crippen LogP contribution in [0.4, 0.5) is 10.5 Å². The minimum Gasteiger partial charge on any atom is -0.550 e. The zero-order valence-electron chi connectivity index (χ0n) is 21.7. The van der Waals surface area contributed by atoms with E-state index in [0.717, 1.165) is 40.7 Å². The Bertz CT molecular complexity index is 1410. The number of benzene rings is 3. The number of rotatable bonds is 8. The molecule has 188 valence electrons. The molecule has 5 rings (SSSR count). The zero-order valence-corrected chi connectivity index (χ0v) is 23.7. The summed E-state index contributed by atoms with van der Waals surface area (Å²) in [4.78, 5) is 23.7. The first kappa shape index (κ1) is 27.6. The predicted octanol–water partition coefficient (Wildman–Crippen LogP) is 2.80. The molecule has 1 atom stereocenters. The van der Waals surface area contributed by atoms with Gasteiger partial charge in [0.25, 0.3) is 0 Å². The van der Waals surface area contributed by atoms with Crippen LogP contribution >= 0.6 is 0 Å². The van der Waals surface area contributed by atoms with E-state index in [4.69, 9.17) is 9.26 Å². The molecule has 1 aliphatic rings. The Kier molecular flexibility index (Phi) is 8.41. The molecular weight excluding hydrogens is 491 g/mol. The zero-order chi connectivity index (χ0) is 26.0. The average Bonchev–Trinajstić information content (AvgIpc) is 3.59. The molecule has 3 aromatic carbocycles. The van der Waals surface area contributed by atoms with Crippen molar-refractivity contribution < 1.29 is 53.5 Å². The van der Waals surface area contributed by atoms with E-state index in [0.29, 0.717) is 17.1 Å². The normalized spacial score (nSPS) is 14.2. The molecule has 0 unspecified atom stereocenters. The quantitative estimate of drug-likeness (QED) is 0.360. The third-order valence-corrected chi connectivity index (χ3v) is 6.96. The van der Waals surface area contributed by atoms with E-state index in [-0.39, 0.29) is 41.4 Å². The number of carbonyl (C=O) groups is 2. The van der Waals surface area contributed by atoms with Crippen molar-refractivity contribution in [1.29, 1.82) is 0 Å². The molecule has 0 aliphatic heterocycles. The van der Waals surface area contributed by atoms with Gasteiger partial charge in [0, 0.05) is 16.9 Å². The van der Waals surface area contributed by atoms with Gasteiger partial charge in [-0.15, -0.1) is 0 Å². The molecule has 1 amide bonds. The molecule has 1 heterocycles. The second kappa shape index (κ2) is 11.6. The van der Waals surface area contributed by atoms with Gasteiger partial charge in [0.05, 0.1) is 0 Å². The number of nitrogens with zero attached hydrogens (tertiary/aromatic N) is 1. The average molecular weight is 519 g/mol. The Balaban J connectivity index is 0.00000336. The molecule has 0 saturated heterocycles. The van der Waals surface area contributed by atoms with Gasteiger partial charge in [-0.1, -0.05) is 84.0 Å². The Morgan fingerprint density at radius 1 is 0.974 bits per heavy atom. The third-order valence-electron chi connectivity index (χ3n) is 6.96. The number of anilines is 1. The summed E-state index contributed by atoms with van der Waals surface area (Å²) in [6.45, 7) is 3.57. The van der Waals surface area contributed by atoms with Gasteiger partial charge >= 0.3 is 35.7 Å². The fourth-order valence-electron chi connectivity index (χ4n) is 4.62. The number of aromatic nitrogens is 1. The molecule has 0 radical (unpaired) electrons. The van der Waals surface area contributed by atoms with Crippen molar-refractivity contribution in [3.8, 4) is 22.5 Å². The maximum Gasteiger partial charge on any atom is 1.00 e. The number of aliphatic carboxylic acids is 1. The van der Waals surface area contributed by atoms with Gasteiger partial charge in [-0.2, -0.15) is 0 Å². The Morgan fingerprint density at radius 3 is 2.13 bits per heavy atom. The Hall–Kier alpha value is -3.39. The van der Waals surface area contributed by atoms with Gasteiger partial charge in [0.15, 0.2) is 5.76 Å². The van der Waals surface area contributed by atoms with Crippen LogP contribution in [-0.4, -0.2) is 17.2 Å². The number of carboxylic acids is 1. The van der Waals surface area contributed by atoms with Crippen LogP contribution in [-0.2, 0) is 14.9 Å². The molecule has 0 bridgehead atoms. The maximum absolute atomic E-state index is 12.6. The topological polar surface area (TPSA) is 104 Å². The van der Waals surface area contributed by atoms with Crippen molar-refractivity contribution >= 4 is 17.7 Å². The molecule has 1 saturated carbocycles. The van der Waals surface area contributed by atoms with E-state index in [2.05, 4.69) is 10.5 Å². The summed E-state index contributed by atoms with van der Waals surface area (Å²) < 4.78 is 11.1. The smallest absolute Gasteiger partial charge is 0.550 e. The van der Waals surface area contributed by atoms with E-state index in [1.54, 1.807) is 6.92 Å². The van der Waals surface area contributed by atoms with Crippen LogP contribution in [0.2, 0.25) is 0 Å². The van der Waals surface area contributed by atoms with Crippen molar-refractivity contribution in [3.05, 3.63) is 95.7 Å². The molecule has 1 aromatic heterocycles. The number of ether oxygens (including phenoxy) is 1. The fraction of sp³-hybridized carbons (Fsp3) is 0.233. The van der Waals surface area contributed by atoms with Crippen molar-refractivity contribution in [2.24, 2.45) is 0 Å². The minimum atomic E-state index is -1.01. The number of carbonyl (C=O) groups excluding carboxylic acids is 2. The second-order valence-corrected chi connectivity index (χ2v) is 9.54. The first-order valence-electron chi connectivity index (χ1n) is 12.2. The molecule has 38 heavy (non-hydrogen) atoms. The molecule has 1 N–H and O–H groups in total. The standard InChI is InChI=1S/C30H28N2O5.Na/c1-19-27(31-29(35)36-20(2)21-6-4-3-5-7-21)28(37-32-19)24-10-8-22(9-11-24)23-12-14-25(15-13-23)30(16-17-30)18-26(33)34;/h3-15,20H,16-18H2,1-2H3,(H,31,35)(H,33,34);/q;+1/p-1/t20-;/m1./s1. The summed E-state index contributed by atoms with van der Waals surface area (Å²) in [6.07, 6.45) is 0.813. The van der Waals surface area contributed by atoms with E-state index < -0.39 is 18.2 Å². The van der Waals surface area contributed by atoms with Crippen LogP contribution in [0.15, 0.2) is 83.4 Å². The van der Waals surface area contributed by atoms with Gasteiger partial charge in [0.2, 0.25) is 0 Å². The molecule has 4 aromatic rings. The summed E-state index contributed by atoms with van der Waals surface area (Å²) in [5.74, 6) is -0.561. The van der Waals surface area contributed by atoms with Crippen LogP contribution in [0.25, 0.3) is 22.5 Å². The van der Waals surface area contributed by atoms with Gasteiger partial charge in [0.1, 0.15) is 17.5 Å². The number of nitrogens with one attached hydrogen (secondary N) is 1. The number of aryl methyl sites for hydroxylation is 1. The van der Waals surface area contributed by atoms with Crippen molar-refractivity contribution in [3.63, 3.8) is 0 Å². The maximum atomic E-state index is 12.6. The van der Waals surface area contributed by atoms with Crippen molar-refractivity contribution in [1.82, 2.24) is 5.16 Å². The molecule has 7 nitrogen and oxygen atoms in total. The largest absolute Gasteiger partial charge is 1.00 e. The summed E-state index contributed by atoms with van der Waals surface area (Å²) in [6, 6.07) is 25.3. The van der Waals surface area contributed by atoms with E-state index in [1.165, 1.54) is 0 Å². The van der Waals surface area contributed by atoms with E-state index >= 15 is 0 Å². The Labute approximate surface area is 243 Å². The van der Waals surface area contributed by atoms with Crippen LogP contribution in [0.5, 0.6) is 0 Å². The molecular formula is C30H27N2NaO5. The minimum absolute atomic E-state index is 0. The van der Waals surface area contributed by atoms with Crippen LogP contribution in [0.3, 0.4) is 0 Å². The number of carboxylic acid groups (broad SMARTS) is 1. The number of hydrogen-bond donors (Lipinski definition) is 1. The molecule has 0 spiro atoms. The summed E-state index contributed by atoms with van der Waals surface area (Å²) in [5.41, 5.74) is 5.46. The van der Waals surface area contributed by atoms with E-state index in [1.807, 2.05) is 85.8 Å². The van der Waals surface area contributed by atoms with Crippen molar-refractivity contribution in [2.75, 3.05) is 5.32 Å². The fourth-order valence-corrected chi connectivity index (χ4v) is 4.62. The third kappa shape index (κ3) is 6.01. The molecule has 1 fully saturated rings. The summed E-state index contributed by atoms with van der Waals surface area (Å²) in [5, 5.41) is 17.9. The molecule has 8 heteroatoms. The summed E-state index contributed by atoms with van der Waals surface area (Å²) in [7, 11) is 0. The van der Waals surface area contributed by atoms with Crippen LogP contribution < -0.4 is 40.0 Å². The van der Waals surface area contributed by atoms with Crippen molar-refractivity contribution in [2.45, 2.75) is 44.6 Å². The van der Waals surface area contributed by atoms with Crippen LogP contribution in [0, 0.1) is 6.92 Å². The Morgan fingerprint density at radius 2 is 1.55 bits per heavy atom. The van der Waals surface area contributed by atoms with Crippen LogP contribution in [0.1, 0.15) is 49.1 Å². The van der Waals surface area contributed by atoms with Gasteiger partial charge in [-0.3, -0.25) is 5.32 Å². The van der Waals surface area contributed by atoms with Gasteiger partial charge in [-0.05, 0) is 55.4 Å². The molecule has 1 aliphatic carbocycles.